The average molecular weight is 402 g/mol. The molecule has 1 amide bonds. The Kier molecular flexibility index (Phi) is 6.08. The number of rotatable bonds is 7. The molecule has 6 nitrogen and oxygen atoms in total. The molecule has 0 spiro atoms. The molecule has 0 aliphatic carbocycles. The number of fused-ring (bicyclic) bond motifs is 1. The Balaban J connectivity index is 1.80. The van der Waals surface area contributed by atoms with Gasteiger partial charge in [0.1, 0.15) is 5.69 Å². The highest BCUT2D eigenvalue weighted by Gasteiger charge is 2.24. The monoisotopic (exact) mass is 401 g/mol. The summed E-state index contributed by atoms with van der Waals surface area (Å²) in [5, 5.41) is 13.7. The number of hydrogen-bond donors (Lipinski definition) is 1. The van der Waals surface area contributed by atoms with Crippen molar-refractivity contribution in [2.45, 2.75) is 36.3 Å². The Bertz CT molecular complexity index is 954. The van der Waals surface area contributed by atoms with Crippen LogP contribution in [-0.2, 0) is 4.79 Å². The SMILES string of the molecule is CCCC(Sc1nc2ccccc2s1)C(=O)Nc1ccc(C)cc1[N+](=O)[O-]. The van der Waals surface area contributed by atoms with Crippen LogP contribution in [0.1, 0.15) is 25.3 Å². The number of anilines is 1. The lowest BCUT2D eigenvalue weighted by Crippen LogP contribution is -2.25. The molecular formula is C19H19N3O3S2. The number of carbonyl (C=O) groups excluding carboxylic acids is 1. The molecule has 1 aromatic heterocycles. The first kappa shape index (κ1) is 19.3. The van der Waals surface area contributed by atoms with Gasteiger partial charge < -0.3 is 5.32 Å². The van der Waals surface area contributed by atoms with Crippen molar-refractivity contribution in [2.24, 2.45) is 0 Å². The molecule has 0 saturated heterocycles. The standard InChI is InChI=1S/C19H19N3O3S2/c1-3-6-17(27-19-21-14-7-4-5-8-16(14)26-19)18(23)20-13-10-9-12(2)11-15(13)22(24)25/h4-5,7-11,17H,3,6H2,1-2H3,(H,20,23). The lowest BCUT2D eigenvalue weighted by atomic mass is 10.2. The summed E-state index contributed by atoms with van der Waals surface area (Å²) >= 11 is 2.96. The third-order valence-electron chi connectivity index (χ3n) is 3.97. The van der Waals surface area contributed by atoms with Gasteiger partial charge in [0.2, 0.25) is 5.91 Å². The summed E-state index contributed by atoms with van der Waals surface area (Å²) in [4.78, 5) is 28.2. The topological polar surface area (TPSA) is 85.1 Å². The van der Waals surface area contributed by atoms with Crippen LogP contribution < -0.4 is 5.32 Å². The minimum atomic E-state index is -0.474. The van der Waals surface area contributed by atoms with Crippen molar-refractivity contribution < 1.29 is 9.72 Å². The van der Waals surface area contributed by atoms with Gasteiger partial charge in [-0.15, -0.1) is 11.3 Å². The molecule has 1 atom stereocenters. The van der Waals surface area contributed by atoms with E-state index < -0.39 is 4.92 Å². The zero-order chi connectivity index (χ0) is 19.4. The number of benzene rings is 2. The lowest BCUT2D eigenvalue weighted by Gasteiger charge is -2.14. The third-order valence-corrected chi connectivity index (χ3v) is 6.37. The first-order valence-electron chi connectivity index (χ1n) is 8.56. The van der Waals surface area contributed by atoms with Gasteiger partial charge in [0.25, 0.3) is 5.69 Å². The van der Waals surface area contributed by atoms with E-state index in [-0.39, 0.29) is 22.5 Å². The number of aromatic nitrogens is 1. The number of para-hydroxylation sites is 1. The van der Waals surface area contributed by atoms with E-state index in [1.165, 1.54) is 17.8 Å². The van der Waals surface area contributed by atoms with Gasteiger partial charge in [-0.05, 0) is 37.1 Å². The Morgan fingerprint density at radius 2 is 2.11 bits per heavy atom. The Labute approximate surface area is 165 Å². The minimum Gasteiger partial charge on any atom is -0.319 e. The molecule has 0 radical (unpaired) electrons. The van der Waals surface area contributed by atoms with Crippen LogP contribution >= 0.6 is 23.1 Å². The average Bonchev–Trinajstić information content (AvgIpc) is 3.05. The summed E-state index contributed by atoms with van der Waals surface area (Å²) < 4.78 is 1.90. The number of nitrogens with zero attached hydrogens (tertiary/aromatic N) is 2. The molecule has 140 valence electrons. The molecule has 1 N–H and O–H groups in total. The van der Waals surface area contributed by atoms with Crippen LogP contribution in [0.3, 0.4) is 0 Å². The fourth-order valence-corrected chi connectivity index (χ4v) is 5.06. The highest BCUT2D eigenvalue weighted by Crippen LogP contribution is 2.34. The summed E-state index contributed by atoms with van der Waals surface area (Å²) in [6.07, 6.45) is 1.48. The molecule has 2 aromatic carbocycles. The van der Waals surface area contributed by atoms with Crippen LogP contribution in [0.25, 0.3) is 10.2 Å². The molecule has 0 aliphatic heterocycles. The maximum absolute atomic E-state index is 12.8. The Hall–Kier alpha value is -2.45. The Morgan fingerprint density at radius 1 is 1.33 bits per heavy atom. The van der Waals surface area contributed by atoms with E-state index in [0.717, 1.165) is 26.5 Å². The van der Waals surface area contributed by atoms with Gasteiger partial charge in [-0.25, -0.2) is 4.98 Å². The second kappa shape index (κ2) is 8.49. The van der Waals surface area contributed by atoms with Crippen molar-refractivity contribution >= 4 is 50.6 Å². The maximum Gasteiger partial charge on any atom is 0.293 e. The van der Waals surface area contributed by atoms with E-state index in [0.29, 0.717) is 6.42 Å². The maximum atomic E-state index is 12.8. The highest BCUT2D eigenvalue weighted by molar-refractivity contribution is 8.02. The fraction of sp³-hybridized carbons (Fsp3) is 0.263. The van der Waals surface area contributed by atoms with Crippen LogP contribution in [0, 0.1) is 17.0 Å². The molecule has 27 heavy (non-hydrogen) atoms. The van der Waals surface area contributed by atoms with E-state index in [9.17, 15) is 14.9 Å². The molecular weight excluding hydrogens is 382 g/mol. The normalized spacial score (nSPS) is 12.1. The highest BCUT2D eigenvalue weighted by atomic mass is 32.2. The van der Waals surface area contributed by atoms with Crippen molar-refractivity contribution in [2.75, 3.05) is 5.32 Å². The van der Waals surface area contributed by atoms with Crippen LogP contribution in [0.4, 0.5) is 11.4 Å². The molecule has 1 heterocycles. The van der Waals surface area contributed by atoms with E-state index in [4.69, 9.17) is 0 Å². The number of thiazole rings is 1. The number of aryl methyl sites for hydroxylation is 1. The summed E-state index contributed by atoms with van der Waals surface area (Å²) in [5.41, 5.74) is 1.81. The quantitative estimate of drug-likeness (QED) is 0.325. The predicted molar refractivity (Wildman–Crippen MR) is 111 cm³/mol. The van der Waals surface area contributed by atoms with Crippen LogP contribution in [0.15, 0.2) is 46.8 Å². The van der Waals surface area contributed by atoms with Crippen molar-refractivity contribution in [1.82, 2.24) is 4.98 Å². The summed E-state index contributed by atoms with van der Waals surface area (Å²) in [6, 6.07) is 12.6. The van der Waals surface area contributed by atoms with Crippen LogP contribution in [0.2, 0.25) is 0 Å². The van der Waals surface area contributed by atoms with E-state index >= 15 is 0 Å². The van der Waals surface area contributed by atoms with Crippen molar-refractivity contribution in [3.05, 3.63) is 58.1 Å². The van der Waals surface area contributed by atoms with Crippen molar-refractivity contribution in [3.63, 3.8) is 0 Å². The molecule has 3 rings (SSSR count). The van der Waals surface area contributed by atoms with Crippen LogP contribution in [-0.4, -0.2) is 21.1 Å². The largest absolute Gasteiger partial charge is 0.319 e. The smallest absolute Gasteiger partial charge is 0.293 e. The Morgan fingerprint density at radius 3 is 2.81 bits per heavy atom. The summed E-state index contributed by atoms with van der Waals surface area (Å²) in [6.45, 7) is 3.79. The van der Waals surface area contributed by atoms with Gasteiger partial charge in [-0.1, -0.05) is 43.3 Å². The zero-order valence-corrected chi connectivity index (χ0v) is 16.6. The molecule has 0 saturated carbocycles. The number of nitro benzene ring substituents is 1. The van der Waals surface area contributed by atoms with E-state index in [1.807, 2.05) is 31.2 Å². The number of hydrogen-bond acceptors (Lipinski definition) is 6. The number of nitro groups is 1. The first-order valence-corrected chi connectivity index (χ1v) is 10.3. The summed E-state index contributed by atoms with van der Waals surface area (Å²) in [7, 11) is 0. The van der Waals surface area contributed by atoms with Gasteiger partial charge in [-0.2, -0.15) is 0 Å². The van der Waals surface area contributed by atoms with Gasteiger partial charge in [0, 0.05) is 6.07 Å². The molecule has 1 unspecified atom stereocenters. The van der Waals surface area contributed by atoms with Crippen molar-refractivity contribution in [1.29, 1.82) is 0 Å². The first-order chi connectivity index (χ1) is 13.0. The summed E-state index contributed by atoms with van der Waals surface area (Å²) in [5.74, 6) is -0.243. The van der Waals surface area contributed by atoms with E-state index in [2.05, 4.69) is 10.3 Å². The minimum absolute atomic E-state index is 0.0939. The second-order valence-electron chi connectivity index (χ2n) is 6.11. The number of nitrogens with one attached hydrogen (secondary N) is 1. The van der Waals surface area contributed by atoms with E-state index in [1.54, 1.807) is 30.4 Å². The third kappa shape index (κ3) is 4.64. The van der Waals surface area contributed by atoms with Gasteiger partial charge in [-0.3, -0.25) is 14.9 Å². The fourth-order valence-electron chi connectivity index (χ4n) is 2.64. The van der Waals surface area contributed by atoms with Gasteiger partial charge >= 0.3 is 0 Å². The molecule has 0 aliphatic rings. The molecule has 0 fully saturated rings. The predicted octanol–water partition coefficient (Wildman–Crippen LogP) is 5.41. The molecule has 0 bridgehead atoms. The molecule has 8 heteroatoms. The van der Waals surface area contributed by atoms with Crippen LogP contribution in [0.5, 0.6) is 0 Å². The second-order valence-corrected chi connectivity index (χ2v) is 8.59. The number of amides is 1. The zero-order valence-electron chi connectivity index (χ0n) is 15.0. The number of carbonyl (C=O) groups is 1. The lowest BCUT2D eigenvalue weighted by molar-refractivity contribution is -0.384. The van der Waals surface area contributed by atoms with Gasteiger partial charge in [0.15, 0.2) is 4.34 Å². The van der Waals surface area contributed by atoms with Crippen molar-refractivity contribution in [3.8, 4) is 0 Å². The molecule has 3 aromatic rings. The number of thioether (sulfide) groups is 1. The van der Waals surface area contributed by atoms with Gasteiger partial charge in [0.05, 0.1) is 20.4 Å².